The average Bonchev–Trinajstić information content (AvgIpc) is 2.34. The van der Waals surface area contributed by atoms with Crippen LogP contribution in [0.15, 0.2) is 30.3 Å². The molecule has 1 aromatic carbocycles. The van der Waals surface area contributed by atoms with Crippen LogP contribution in [-0.2, 0) is 10.1 Å². The van der Waals surface area contributed by atoms with Gasteiger partial charge in [0.15, 0.2) is 0 Å². The van der Waals surface area contributed by atoms with Crippen LogP contribution < -0.4 is 4.18 Å². The van der Waals surface area contributed by atoms with Crippen LogP contribution in [0.4, 0.5) is 0 Å². The molecule has 1 rings (SSSR count). The number of hydrogen-bond donors (Lipinski definition) is 0. The monoisotopic (exact) mass is 285 g/mol. The van der Waals surface area contributed by atoms with Crippen molar-refractivity contribution in [3.63, 3.8) is 0 Å². The molecule has 0 aliphatic heterocycles. The molecule has 0 heterocycles. The SMILES string of the molecule is CC(C)CCN(C)CCS(=O)(=O)Oc1ccccc1. The average molecular weight is 285 g/mol. The normalized spacial score (nSPS) is 12.1. The standard InChI is InChI=1S/C14H23NO3S/c1-13(2)9-10-15(3)11-12-19(16,17)18-14-7-5-4-6-8-14/h4-8,13H,9-12H2,1-3H3. The molecular weight excluding hydrogens is 262 g/mol. The van der Waals surface area contributed by atoms with Crippen LogP contribution in [0.3, 0.4) is 0 Å². The van der Waals surface area contributed by atoms with Gasteiger partial charge in [-0.3, -0.25) is 0 Å². The van der Waals surface area contributed by atoms with Crippen LogP contribution in [0.5, 0.6) is 5.75 Å². The van der Waals surface area contributed by atoms with Crippen LogP contribution in [-0.4, -0.2) is 39.2 Å². The van der Waals surface area contributed by atoms with Gasteiger partial charge in [0.1, 0.15) is 5.75 Å². The van der Waals surface area contributed by atoms with Gasteiger partial charge in [-0.15, -0.1) is 0 Å². The van der Waals surface area contributed by atoms with E-state index < -0.39 is 10.1 Å². The van der Waals surface area contributed by atoms with Crippen LogP contribution in [0.25, 0.3) is 0 Å². The van der Waals surface area contributed by atoms with Crippen molar-refractivity contribution >= 4 is 10.1 Å². The summed E-state index contributed by atoms with van der Waals surface area (Å²) in [5.74, 6) is 1.00. The zero-order valence-electron chi connectivity index (χ0n) is 11.9. The van der Waals surface area contributed by atoms with E-state index in [1.807, 2.05) is 18.0 Å². The number of hydrogen-bond acceptors (Lipinski definition) is 4. The van der Waals surface area contributed by atoms with Crippen LogP contribution in [0.2, 0.25) is 0 Å². The van der Waals surface area contributed by atoms with E-state index in [-0.39, 0.29) is 5.75 Å². The highest BCUT2D eigenvalue weighted by atomic mass is 32.2. The molecule has 0 aliphatic rings. The fraction of sp³-hybridized carbons (Fsp3) is 0.571. The second kappa shape index (κ2) is 7.50. The Kier molecular flexibility index (Phi) is 6.31. The van der Waals surface area contributed by atoms with Crippen molar-refractivity contribution in [2.45, 2.75) is 20.3 Å². The largest absolute Gasteiger partial charge is 0.382 e. The molecule has 0 fully saturated rings. The van der Waals surface area contributed by atoms with Gasteiger partial charge in [-0.05, 0) is 38.1 Å². The van der Waals surface area contributed by atoms with Crippen molar-refractivity contribution in [3.05, 3.63) is 30.3 Å². The van der Waals surface area contributed by atoms with Crippen molar-refractivity contribution in [2.75, 3.05) is 25.9 Å². The van der Waals surface area contributed by atoms with E-state index in [1.165, 1.54) is 0 Å². The minimum absolute atomic E-state index is 0.0104. The summed E-state index contributed by atoms with van der Waals surface area (Å²) in [7, 11) is -1.58. The van der Waals surface area contributed by atoms with Crippen molar-refractivity contribution in [3.8, 4) is 5.75 Å². The van der Waals surface area contributed by atoms with Gasteiger partial charge in [0, 0.05) is 6.54 Å². The Morgan fingerprint density at radius 1 is 1.16 bits per heavy atom. The maximum Gasteiger partial charge on any atom is 0.310 e. The van der Waals surface area contributed by atoms with Crippen molar-refractivity contribution in [2.24, 2.45) is 5.92 Å². The minimum Gasteiger partial charge on any atom is -0.382 e. The molecule has 0 atom stereocenters. The third-order valence-electron chi connectivity index (χ3n) is 2.78. The topological polar surface area (TPSA) is 46.6 Å². The van der Waals surface area contributed by atoms with Gasteiger partial charge in [0.05, 0.1) is 5.75 Å². The highest BCUT2D eigenvalue weighted by Crippen LogP contribution is 2.11. The number of para-hydroxylation sites is 1. The second-order valence-corrected chi connectivity index (χ2v) is 6.83. The summed E-state index contributed by atoms with van der Waals surface area (Å²) in [6.07, 6.45) is 1.07. The molecular formula is C14H23NO3S. The van der Waals surface area contributed by atoms with Crippen LogP contribution in [0, 0.1) is 5.92 Å². The third kappa shape index (κ3) is 7.18. The van der Waals surface area contributed by atoms with Crippen molar-refractivity contribution in [1.29, 1.82) is 0 Å². The molecule has 4 nitrogen and oxygen atoms in total. The molecule has 0 unspecified atom stereocenters. The first-order valence-corrected chi connectivity index (χ1v) is 8.12. The molecule has 0 radical (unpaired) electrons. The van der Waals surface area contributed by atoms with Gasteiger partial charge >= 0.3 is 10.1 Å². The van der Waals surface area contributed by atoms with Gasteiger partial charge in [0.25, 0.3) is 0 Å². The number of nitrogens with zero attached hydrogens (tertiary/aromatic N) is 1. The van der Waals surface area contributed by atoms with E-state index in [4.69, 9.17) is 4.18 Å². The molecule has 0 saturated heterocycles. The number of rotatable bonds is 8. The first kappa shape index (κ1) is 16.0. The zero-order chi connectivity index (χ0) is 14.3. The lowest BCUT2D eigenvalue weighted by molar-refractivity contribution is 0.323. The van der Waals surface area contributed by atoms with E-state index in [2.05, 4.69) is 13.8 Å². The van der Waals surface area contributed by atoms with Crippen LogP contribution in [0.1, 0.15) is 20.3 Å². The number of benzene rings is 1. The molecule has 0 spiro atoms. The van der Waals surface area contributed by atoms with Gasteiger partial charge < -0.3 is 9.08 Å². The van der Waals surface area contributed by atoms with E-state index >= 15 is 0 Å². The van der Waals surface area contributed by atoms with Gasteiger partial charge in [-0.25, -0.2) is 0 Å². The second-order valence-electron chi connectivity index (χ2n) is 5.14. The third-order valence-corrected chi connectivity index (χ3v) is 3.91. The molecule has 0 saturated carbocycles. The highest BCUT2D eigenvalue weighted by molar-refractivity contribution is 7.87. The molecule has 0 amide bonds. The molecule has 19 heavy (non-hydrogen) atoms. The summed E-state index contributed by atoms with van der Waals surface area (Å²) in [5.41, 5.74) is 0. The Labute approximate surface area is 116 Å². The van der Waals surface area contributed by atoms with E-state index in [1.54, 1.807) is 24.3 Å². The van der Waals surface area contributed by atoms with E-state index in [0.29, 0.717) is 18.2 Å². The summed E-state index contributed by atoms with van der Waals surface area (Å²) in [5, 5.41) is 0. The minimum atomic E-state index is -3.51. The summed E-state index contributed by atoms with van der Waals surface area (Å²) in [6.45, 7) is 5.70. The lowest BCUT2D eigenvalue weighted by Crippen LogP contribution is -2.29. The Balaban J connectivity index is 2.39. The highest BCUT2D eigenvalue weighted by Gasteiger charge is 2.14. The summed E-state index contributed by atoms with van der Waals surface area (Å²) in [6, 6.07) is 8.60. The fourth-order valence-electron chi connectivity index (χ4n) is 1.52. The first-order valence-electron chi connectivity index (χ1n) is 6.55. The molecule has 5 heteroatoms. The molecule has 0 aromatic heterocycles. The Bertz CT molecular complexity index is 457. The predicted molar refractivity (Wildman–Crippen MR) is 77.8 cm³/mol. The van der Waals surface area contributed by atoms with E-state index in [9.17, 15) is 8.42 Å². The van der Waals surface area contributed by atoms with Crippen molar-refractivity contribution in [1.82, 2.24) is 4.90 Å². The van der Waals surface area contributed by atoms with Gasteiger partial charge in [-0.1, -0.05) is 32.0 Å². The Hall–Kier alpha value is -1.07. The van der Waals surface area contributed by atoms with Gasteiger partial charge in [-0.2, -0.15) is 8.42 Å². The molecule has 1 aromatic rings. The first-order chi connectivity index (χ1) is 8.89. The maximum atomic E-state index is 11.8. The Morgan fingerprint density at radius 3 is 2.37 bits per heavy atom. The summed E-state index contributed by atoms with van der Waals surface area (Å²) < 4.78 is 28.6. The van der Waals surface area contributed by atoms with E-state index in [0.717, 1.165) is 13.0 Å². The van der Waals surface area contributed by atoms with Crippen molar-refractivity contribution < 1.29 is 12.6 Å². The van der Waals surface area contributed by atoms with Gasteiger partial charge in [0.2, 0.25) is 0 Å². The lowest BCUT2D eigenvalue weighted by Gasteiger charge is -2.17. The molecule has 0 aliphatic carbocycles. The predicted octanol–water partition coefficient (Wildman–Crippen LogP) is 2.37. The quantitative estimate of drug-likeness (QED) is 0.688. The van der Waals surface area contributed by atoms with Crippen LogP contribution >= 0.6 is 0 Å². The zero-order valence-corrected chi connectivity index (χ0v) is 12.7. The Morgan fingerprint density at radius 2 is 1.79 bits per heavy atom. The molecule has 108 valence electrons. The summed E-state index contributed by atoms with van der Waals surface area (Å²) in [4.78, 5) is 2.02. The maximum absolute atomic E-state index is 11.8. The molecule has 0 bridgehead atoms. The fourth-order valence-corrected chi connectivity index (χ4v) is 2.55. The molecule has 0 N–H and O–H groups in total. The summed E-state index contributed by atoms with van der Waals surface area (Å²) >= 11 is 0. The lowest BCUT2D eigenvalue weighted by atomic mass is 10.1. The smallest absolute Gasteiger partial charge is 0.310 e.